The number of nitrogens with zero attached hydrogens (tertiary/aromatic N) is 2. The lowest BCUT2D eigenvalue weighted by molar-refractivity contribution is 1.37. The third kappa shape index (κ3) is 2.08. The van der Waals surface area contributed by atoms with Gasteiger partial charge >= 0.3 is 0 Å². The predicted molar refractivity (Wildman–Crippen MR) is 80.9 cm³/mol. The normalized spacial score (nSPS) is 10.2. The molecule has 1 heterocycles. The minimum Gasteiger partial charge on any atom is -0.352 e. The summed E-state index contributed by atoms with van der Waals surface area (Å²) < 4.78 is 0. The molecule has 0 saturated carbocycles. The molecule has 3 rings (SSSR count). The van der Waals surface area contributed by atoms with Crippen molar-refractivity contribution in [3.63, 3.8) is 0 Å². The zero-order valence-electron chi connectivity index (χ0n) is 11.1. The molecule has 0 atom stereocenters. The van der Waals surface area contributed by atoms with E-state index in [1.807, 2.05) is 55.5 Å². The fourth-order valence-corrected chi connectivity index (χ4v) is 2.27. The SMILES string of the molecule is Cc1cccc(C#N)c1Nc1cccc2cccnc12. The van der Waals surface area contributed by atoms with Crippen molar-refractivity contribution in [1.82, 2.24) is 4.98 Å². The number of pyridine rings is 1. The van der Waals surface area contributed by atoms with Crippen LogP contribution in [0.15, 0.2) is 54.7 Å². The first-order valence-corrected chi connectivity index (χ1v) is 6.40. The van der Waals surface area contributed by atoms with Gasteiger partial charge in [-0.3, -0.25) is 4.98 Å². The lowest BCUT2D eigenvalue weighted by Gasteiger charge is -2.12. The number of nitrogens with one attached hydrogen (secondary N) is 1. The summed E-state index contributed by atoms with van der Waals surface area (Å²) in [6.07, 6.45) is 1.77. The third-order valence-electron chi connectivity index (χ3n) is 3.29. The van der Waals surface area contributed by atoms with Gasteiger partial charge in [0, 0.05) is 11.6 Å². The van der Waals surface area contributed by atoms with Crippen molar-refractivity contribution in [3.05, 3.63) is 65.9 Å². The maximum atomic E-state index is 9.23. The fraction of sp³-hybridized carbons (Fsp3) is 0.0588. The Labute approximate surface area is 117 Å². The first-order valence-electron chi connectivity index (χ1n) is 6.40. The molecule has 0 saturated heterocycles. The van der Waals surface area contributed by atoms with Crippen LogP contribution >= 0.6 is 0 Å². The number of aryl methyl sites for hydroxylation is 1. The van der Waals surface area contributed by atoms with Crippen LogP contribution in [-0.2, 0) is 0 Å². The second kappa shape index (κ2) is 5.02. The summed E-state index contributed by atoms with van der Waals surface area (Å²) in [6, 6.07) is 17.8. The standard InChI is InChI=1S/C17H13N3/c1-12-5-2-7-14(11-18)16(12)20-15-9-3-6-13-8-4-10-19-17(13)15/h2-10,20H,1H3. The Kier molecular flexibility index (Phi) is 3.06. The highest BCUT2D eigenvalue weighted by Crippen LogP contribution is 2.28. The van der Waals surface area contributed by atoms with Crippen molar-refractivity contribution in [2.75, 3.05) is 5.32 Å². The Balaban J connectivity index is 2.13. The topological polar surface area (TPSA) is 48.7 Å². The molecule has 0 spiro atoms. The number of anilines is 2. The van der Waals surface area contributed by atoms with E-state index in [1.54, 1.807) is 6.20 Å². The van der Waals surface area contributed by atoms with Crippen molar-refractivity contribution < 1.29 is 0 Å². The molecule has 0 fully saturated rings. The summed E-state index contributed by atoms with van der Waals surface area (Å²) >= 11 is 0. The summed E-state index contributed by atoms with van der Waals surface area (Å²) in [7, 11) is 0. The van der Waals surface area contributed by atoms with E-state index in [0.717, 1.165) is 27.8 Å². The summed E-state index contributed by atoms with van der Waals surface area (Å²) in [5, 5.41) is 13.7. The van der Waals surface area contributed by atoms with Crippen molar-refractivity contribution in [3.8, 4) is 6.07 Å². The number of nitriles is 1. The molecule has 3 nitrogen and oxygen atoms in total. The Morgan fingerprint density at radius 3 is 2.70 bits per heavy atom. The van der Waals surface area contributed by atoms with Gasteiger partial charge in [-0.15, -0.1) is 0 Å². The Hall–Kier alpha value is -2.86. The van der Waals surface area contributed by atoms with Gasteiger partial charge in [0.25, 0.3) is 0 Å². The molecule has 1 aromatic heterocycles. The van der Waals surface area contributed by atoms with Gasteiger partial charge in [0.2, 0.25) is 0 Å². The summed E-state index contributed by atoms with van der Waals surface area (Å²) in [6.45, 7) is 1.99. The van der Waals surface area contributed by atoms with Crippen LogP contribution in [0.5, 0.6) is 0 Å². The zero-order chi connectivity index (χ0) is 13.9. The van der Waals surface area contributed by atoms with Crippen LogP contribution < -0.4 is 5.32 Å². The molecule has 0 aliphatic rings. The van der Waals surface area contributed by atoms with Gasteiger partial charge in [-0.05, 0) is 30.7 Å². The number of benzene rings is 2. The quantitative estimate of drug-likeness (QED) is 0.751. The van der Waals surface area contributed by atoms with Gasteiger partial charge in [0.15, 0.2) is 0 Å². The van der Waals surface area contributed by atoms with E-state index < -0.39 is 0 Å². The highest BCUT2D eigenvalue weighted by Gasteiger charge is 2.08. The van der Waals surface area contributed by atoms with Crippen LogP contribution in [0, 0.1) is 18.3 Å². The van der Waals surface area contributed by atoms with Gasteiger partial charge < -0.3 is 5.32 Å². The van der Waals surface area contributed by atoms with Crippen LogP contribution in [-0.4, -0.2) is 4.98 Å². The summed E-state index contributed by atoms with van der Waals surface area (Å²) in [5.74, 6) is 0. The minimum atomic E-state index is 0.637. The smallest absolute Gasteiger partial charge is 0.101 e. The average Bonchev–Trinajstić information content (AvgIpc) is 2.49. The van der Waals surface area contributed by atoms with Crippen molar-refractivity contribution in [2.24, 2.45) is 0 Å². The molecule has 0 aliphatic heterocycles. The number of hydrogen-bond donors (Lipinski definition) is 1. The monoisotopic (exact) mass is 259 g/mol. The third-order valence-corrected chi connectivity index (χ3v) is 3.29. The predicted octanol–water partition coefficient (Wildman–Crippen LogP) is 4.16. The van der Waals surface area contributed by atoms with E-state index in [2.05, 4.69) is 16.4 Å². The highest BCUT2D eigenvalue weighted by molar-refractivity contribution is 5.92. The van der Waals surface area contributed by atoms with E-state index >= 15 is 0 Å². The van der Waals surface area contributed by atoms with Gasteiger partial charge in [-0.2, -0.15) is 5.26 Å². The fourth-order valence-electron chi connectivity index (χ4n) is 2.27. The van der Waals surface area contributed by atoms with Gasteiger partial charge in [-0.25, -0.2) is 0 Å². The summed E-state index contributed by atoms with van der Waals surface area (Å²) in [4.78, 5) is 4.42. The number of para-hydroxylation sites is 2. The highest BCUT2D eigenvalue weighted by atomic mass is 14.9. The molecule has 20 heavy (non-hydrogen) atoms. The second-order valence-electron chi connectivity index (χ2n) is 4.61. The van der Waals surface area contributed by atoms with Crippen LogP contribution in [0.2, 0.25) is 0 Å². The maximum absolute atomic E-state index is 9.23. The number of fused-ring (bicyclic) bond motifs is 1. The Bertz CT molecular complexity index is 811. The molecular weight excluding hydrogens is 246 g/mol. The van der Waals surface area contributed by atoms with Crippen molar-refractivity contribution >= 4 is 22.3 Å². The maximum Gasteiger partial charge on any atom is 0.101 e. The summed E-state index contributed by atoms with van der Waals surface area (Å²) in [5.41, 5.74) is 4.33. The molecule has 0 aliphatic carbocycles. The van der Waals surface area contributed by atoms with Crippen LogP contribution in [0.4, 0.5) is 11.4 Å². The average molecular weight is 259 g/mol. The molecule has 3 heteroatoms. The molecule has 0 radical (unpaired) electrons. The number of hydrogen-bond acceptors (Lipinski definition) is 3. The molecule has 2 aromatic carbocycles. The van der Waals surface area contributed by atoms with Gasteiger partial charge in [-0.1, -0.05) is 30.3 Å². The molecule has 0 unspecified atom stereocenters. The lowest BCUT2D eigenvalue weighted by atomic mass is 10.1. The van der Waals surface area contributed by atoms with Gasteiger partial charge in [0.1, 0.15) is 6.07 Å². The van der Waals surface area contributed by atoms with E-state index in [1.165, 1.54) is 0 Å². The number of aromatic nitrogens is 1. The zero-order valence-corrected chi connectivity index (χ0v) is 11.1. The molecule has 96 valence electrons. The van der Waals surface area contributed by atoms with Crippen molar-refractivity contribution in [2.45, 2.75) is 6.92 Å². The first-order chi connectivity index (χ1) is 9.79. The molecular formula is C17H13N3. The van der Waals surface area contributed by atoms with Crippen LogP contribution in [0.1, 0.15) is 11.1 Å². The Morgan fingerprint density at radius 1 is 1.05 bits per heavy atom. The van der Waals surface area contributed by atoms with E-state index in [9.17, 15) is 5.26 Å². The van der Waals surface area contributed by atoms with Crippen LogP contribution in [0.25, 0.3) is 10.9 Å². The van der Waals surface area contributed by atoms with E-state index in [0.29, 0.717) is 5.56 Å². The van der Waals surface area contributed by atoms with Crippen molar-refractivity contribution in [1.29, 1.82) is 5.26 Å². The van der Waals surface area contributed by atoms with E-state index in [4.69, 9.17) is 0 Å². The number of rotatable bonds is 2. The Morgan fingerprint density at radius 2 is 1.85 bits per heavy atom. The minimum absolute atomic E-state index is 0.637. The first kappa shape index (κ1) is 12.2. The van der Waals surface area contributed by atoms with Gasteiger partial charge in [0.05, 0.1) is 22.5 Å². The molecule has 0 bridgehead atoms. The molecule has 3 aromatic rings. The second-order valence-corrected chi connectivity index (χ2v) is 4.61. The molecule has 0 amide bonds. The van der Waals surface area contributed by atoms with E-state index in [-0.39, 0.29) is 0 Å². The largest absolute Gasteiger partial charge is 0.352 e. The lowest BCUT2D eigenvalue weighted by Crippen LogP contribution is -1.97. The van der Waals surface area contributed by atoms with Crippen LogP contribution in [0.3, 0.4) is 0 Å². The molecule has 1 N–H and O–H groups in total.